The van der Waals surface area contributed by atoms with Crippen LogP contribution in [0.15, 0.2) is 30.3 Å². The van der Waals surface area contributed by atoms with E-state index >= 15 is 0 Å². The van der Waals surface area contributed by atoms with Gasteiger partial charge in [0.05, 0.1) is 8.80 Å². The Morgan fingerprint density at radius 1 is 1.15 bits per heavy atom. The van der Waals surface area contributed by atoms with Crippen LogP contribution in [-0.2, 0) is 17.0 Å². The number of rotatable bonds is 1. The Labute approximate surface area is 142 Å². The fourth-order valence-corrected chi connectivity index (χ4v) is 3.12. The number of benzene rings is 1. The second kappa shape index (κ2) is 10.2. The van der Waals surface area contributed by atoms with Crippen LogP contribution < -0.4 is 0 Å². The Hall–Kier alpha value is 0.431. The molecule has 20 heavy (non-hydrogen) atoms. The first-order valence-electron chi connectivity index (χ1n) is 6.49. The summed E-state index contributed by atoms with van der Waals surface area (Å²) < 4.78 is 0. The van der Waals surface area contributed by atoms with Crippen LogP contribution in [0.25, 0.3) is 11.8 Å². The maximum absolute atomic E-state index is 6.94. The molecule has 2 rings (SSSR count). The molecule has 0 aliphatic heterocycles. The molecule has 1 atom stereocenters. The second-order valence-electron chi connectivity index (χ2n) is 5.86. The van der Waals surface area contributed by atoms with Crippen molar-refractivity contribution < 1.29 is 17.0 Å². The van der Waals surface area contributed by atoms with Gasteiger partial charge in [-0.2, -0.15) is 0 Å². The van der Waals surface area contributed by atoms with Crippen molar-refractivity contribution in [1.82, 2.24) is 0 Å². The summed E-state index contributed by atoms with van der Waals surface area (Å²) in [5.41, 5.74) is 10.4. The van der Waals surface area contributed by atoms with E-state index in [2.05, 4.69) is 49.5 Å². The quantitative estimate of drug-likeness (QED) is 0.522. The van der Waals surface area contributed by atoms with E-state index in [0.29, 0.717) is 0 Å². The van der Waals surface area contributed by atoms with Gasteiger partial charge in [0.25, 0.3) is 0 Å². The predicted molar refractivity (Wildman–Crippen MR) is 91.5 cm³/mol. The standard InChI is InChI=1S/C11H13Si.C4H10N.2ClH.Ti/c1-12(2)11-8-7-9-5-3-4-6-10(9)11;1-4(2,3)5;;;/h3-8,11H,1-2H3;5H,1-3H3;2*1H;/q;-1;;;+2/p-2. The average Bonchev–Trinajstić information content (AvgIpc) is 2.71. The Balaban J connectivity index is 0.000000382. The van der Waals surface area contributed by atoms with Crippen LogP contribution in [0.3, 0.4) is 0 Å². The van der Waals surface area contributed by atoms with Gasteiger partial charge in [0.15, 0.2) is 0 Å². The van der Waals surface area contributed by atoms with Crippen LogP contribution in [-0.4, -0.2) is 14.3 Å². The molecule has 0 heterocycles. The van der Waals surface area contributed by atoms with Crippen LogP contribution >= 0.6 is 18.6 Å². The molecule has 1 unspecified atom stereocenters. The van der Waals surface area contributed by atoms with Crippen molar-refractivity contribution in [3.63, 3.8) is 0 Å². The van der Waals surface area contributed by atoms with Crippen LogP contribution in [0.4, 0.5) is 0 Å². The predicted octanol–water partition coefficient (Wildman–Crippen LogP) is 6.30. The summed E-state index contributed by atoms with van der Waals surface area (Å²) in [5, 5.41) is 0. The topological polar surface area (TPSA) is 23.8 Å². The molecule has 1 radical (unpaired) electrons. The van der Waals surface area contributed by atoms with Gasteiger partial charge in [0, 0.05) is 0 Å². The molecule has 0 saturated heterocycles. The molecule has 1 aromatic rings. The molecule has 0 spiro atoms. The van der Waals surface area contributed by atoms with Crippen molar-refractivity contribution >= 4 is 33.5 Å². The monoisotopic (exact) mass is 363 g/mol. The summed E-state index contributed by atoms with van der Waals surface area (Å²) in [7, 11) is 9.57. The van der Waals surface area contributed by atoms with Crippen molar-refractivity contribution in [3.8, 4) is 0 Å². The molecule has 0 saturated carbocycles. The van der Waals surface area contributed by atoms with Gasteiger partial charge < -0.3 is 5.73 Å². The molecule has 1 aliphatic carbocycles. The van der Waals surface area contributed by atoms with E-state index in [9.17, 15) is 0 Å². The van der Waals surface area contributed by atoms with Crippen LogP contribution in [0.2, 0.25) is 13.1 Å². The zero-order valence-corrected chi connectivity index (χ0v) is 16.9. The van der Waals surface area contributed by atoms with E-state index in [1.54, 1.807) is 0 Å². The third kappa shape index (κ3) is 9.38. The Morgan fingerprint density at radius 3 is 2.05 bits per heavy atom. The van der Waals surface area contributed by atoms with Crippen molar-refractivity contribution in [1.29, 1.82) is 0 Å². The van der Waals surface area contributed by atoms with Crippen LogP contribution in [0.5, 0.6) is 0 Å². The van der Waals surface area contributed by atoms with E-state index in [4.69, 9.17) is 24.3 Å². The van der Waals surface area contributed by atoms with E-state index in [1.807, 2.05) is 20.8 Å². The summed E-state index contributed by atoms with van der Waals surface area (Å²) in [4.78, 5) is 0. The van der Waals surface area contributed by atoms with E-state index < -0.39 is 17.0 Å². The fraction of sp³-hybridized carbons (Fsp3) is 0.467. The number of nitrogens with one attached hydrogen (secondary N) is 1. The van der Waals surface area contributed by atoms with Crippen molar-refractivity contribution in [3.05, 3.63) is 47.2 Å². The molecule has 0 amide bonds. The molecule has 5 heteroatoms. The van der Waals surface area contributed by atoms with Gasteiger partial charge in [-0.15, -0.1) is 5.54 Å². The van der Waals surface area contributed by atoms with Gasteiger partial charge in [-0.25, -0.2) is 0 Å². The minimum absolute atomic E-state index is 0.211. The first-order valence-corrected chi connectivity index (χ1v) is 13.4. The number of fused-ring (bicyclic) bond motifs is 1. The van der Waals surface area contributed by atoms with Crippen LogP contribution in [0.1, 0.15) is 37.4 Å². The Morgan fingerprint density at radius 2 is 1.60 bits per heavy atom. The Kier molecular flexibility index (Phi) is 10.4. The molecule has 0 fully saturated rings. The van der Waals surface area contributed by atoms with Gasteiger partial charge in [-0.3, -0.25) is 0 Å². The van der Waals surface area contributed by atoms with E-state index in [0.717, 1.165) is 5.54 Å². The minimum atomic E-state index is -0.556. The molecule has 1 nitrogen and oxygen atoms in total. The van der Waals surface area contributed by atoms with Gasteiger partial charge >= 0.3 is 35.6 Å². The average molecular weight is 364 g/mol. The molecule has 1 N–H and O–H groups in total. The van der Waals surface area contributed by atoms with Crippen molar-refractivity contribution in [2.75, 3.05) is 0 Å². The van der Waals surface area contributed by atoms with E-state index in [1.165, 1.54) is 11.1 Å². The SMILES string of the molecule is CC(C)(C)[NH-].C[Si](C)C1C=Cc2ccccc21.[Cl][Ti][Cl]. The zero-order valence-electron chi connectivity index (χ0n) is 12.8. The third-order valence-corrected chi connectivity index (χ3v) is 4.17. The Bertz CT molecular complexity index is 411. The van der Waals surface area contributed by atoms with Gasteiger partial charge in [-0.1, -0.05) is 70.3 Å². The molecule has 1 aromatic carbocycles. The molecule has 0 bridgehead atoms. The molecule has 111 valence electrons. The first-order chi connectivity index (χ1) is 9.20. The number of hydrogen-bond donors (Lipinski definition) is 0. The fourth-order valence-electron chi connectivity index (χ4n) is 1.75. The van der Waals surface area contributed by atoms with E-state index in [-0.39, 0.29) is 14.3 Å². The number of hydrogen-bond acceptors (Lipinski definition) is 0. The normalized spacial score (nSPS) is 15.8. The maximum atomic E-state index is 6.94. The van der Waals surface area contributed by atoms with Crippen molar-refractivity contribution in [2.45, 2.75) is 44.9 Å². The number of halogens is 2. The summed E-state index contributed by atoms with van der Waals surface area (Å²) >= 11 is -0.556. The molecular formula is C15H23Cl2NSiTi-. The summed E-state index contributed by atoms with van der Waals surface area (Å²) in [6.07, 6.45) is 4.62. The zero-order chi connectivity index (χ0) is 15.8. The van der Waals surface area contributed by atoms with Crippen LogP contribution in [0, 0.1) is 0 Å². The van der Waals surface area contributed by atoms with Crippen molar-refractivity contribution in [2.24, 2.45) is 0 Å². The molecular weight excluding hydrogens is 341 g/mol. The molecule has 0 aromatic heterocycles. The van der Waals surface area contributed by atoms with Gasteiger partial charge in [-0.05, 0) is 16.7 Å². The van der Waals surface area contributed by atoms with Gasteiger partial charge in [0.2, 0.25) is 0 Å². The summed E-state index contributed by atoms with van der Waals surface area (Å²) in [6.45, 7) is 10.3. The number of allylic oxidation sites excluding steroid dienone is 1. The molecule has 1 aliphatic rings. The third-order valence-electron chi connectivity index (χ3n) is 2.42. The summed E-state index contributed by atoms with van der Waals surface area (Å²) in [6, 6.07) is 8.72. The van der Waals surface area contributed by atoms with Gasteiger partial charge in [0.1, 0.15) is 0 Å². The first kappa shape index (κ1) is 20.4. The second-order valence-corrected chi connectivity index (χ2v) is 11.2. The summed E-state index contributed by atoms with van der Waals surface area (Å²) in [5.74, 6) is 0.